The molecular weight excluding hydrogens is 340 g/mol. The van der Waals surface area contributed by atoms with Gasteiger partial charge in [-0.1, -0.05) is 18.2 Å². The second-order valence-electron chi connectivity index (χ2n) is 9.23. The van der Waals surface area contributed by atoms with Crippen LogP contribution in [0.4, 0.5) is 0 Å². The fraction of sp³-hybridized carbons (Fsp3) is 0.682. The lowest BCUT2D eigenvalue weighted by atomic mass is 9.53. The molecular formula is C22H32N2OS. The van der Waals surface area contributed by atoms with Crippen LogP contribution in [0.1, 0.15) is 56.6 Å². The van der Waals surface area contributed by atoms with Crippen molar-refractivity contribution in [1.29, 1.82) is 0 Å². The zero-order valence-corrected chi connectivity index (χ0v) is 17.1. The van der Waals surface area contributed by atoms with E-state index in [1.165, 1.54) is 49.7 Å². The Balaban J connectivity index is 1.29. The minimum Gasteiger partial charge on any atom is -0.491 e. The Kier molecular flexibility index (Phi) is 4.89. The molecule has 0 radical (unpaired) electrons. The predicted octanol–water partition coefficient (Wildman–Crippen LogP) is 4.50. The SMILES string of the molecule is Cc1cccc(C)c1OCC(C)NC(=S)NC12CC3CC(CC(C3)C1)C2. The summed E-state index contributed by atoms with van der Waals surface area (Å²) in [6.07, 6.45) is 8.32. The highest BCUT2D eigenvalue weighted by molar-refractivity contribution is 7.80. The van der Waals surface area contributed by atoms with E-state index in [0.29, 0.717) is 6.61 Å². The van der Waals surface area contributed by atoms with Gasteiger partial charge in [0, 0.05) is 5.54 Å². The molecule has 0 saturated heterocycles. The van der Waals surface area contributed by atoms with E-state index in [0.717, 1.165) is 28.6 Å². The van der Waals surface area contributed by atoms with Gasteiger partial charge in [-0.25, -0.2) is 0 Å². The Hall–Kier alpha value is -1.29. The Morgan fingerprint density at radius 2 is 1.65 bits per heavy atom. The van der Waals surface area contributed by atoms with E-state index in [1.807, 2.05) is 0 Å². The second-order valence-corrected chi connectivity index (χ2v) is 9.64. The molecule has 0 aliphatic heterocycles. The maximum absolute atomic E-state index is 6.07. The zero-order chi connectivity index (χ0) is 18.3. The number of hydrogen-bond acceptors (Lipinski definition) is 2. The normalized spacial score (nSPS) is 33.0. The molecule has 1 aromatic carbocycles. The maximum atomic E-state index is 6.07. The van der Waals surface area contributed by atoms with Crippen LogP contribution in [0.15, 0.2) is 18.2 Å². The second kappa shape index (κ2) is 7.03. The highest BCUT2D eigenvalue weighted by atomic mass is 32.1. The van der Waals surface area contributed by atoms with Gasteiger partial charge in [0.05, 0.1) is 6.04 Å². The fourth-order valence-electron chi connectivity index (χ4n) is 6.04. The molecule has 4 aliphatic carbocycles. The third kappa shape index (κ3) is 3.71. The third-order valence-corrected chi connectivity index (χ3v) is 6.90. The van der Waals surface area contributed by atoms with Crippen molar-refractivity contribution >= 4 is 17.3 Å². The molecule has 26 heavy (non-hydrogen) atoms. The van der Waals surface area contributed by atoms with E-state index in [4.69, 9.17) is 17.0 Å². The zero-order valence-electron chi connectivity index (χ0n) is 16.3. The molecule has 1 unspecified atom stereocenters. The number of aryl methyl sites for hydroxylation is 2. The minimum absolute atomic E-state index is 0.183. The molecule has 5 rings (SSSR count). The topological polar surface area (TPSA) is 33.3 Å². The number of ether oxygens (including phenoxy) is 1. The van der Waals surface area contributed by atoms with E-state index >= 15 is 0 Å². The molecule has 0 spiro atoms. The number of benzene rings is 1. The summed E-state index contributed by atoms with van der Waals surface area (Å²) < 4.78 is 6.07. The molecule has 4 bridgehead atoms. The van der Waals surface area contributed by atoms with Crippen LogP contribution in [0.2, 0.25) is 0 Å². The van der Waals surface area contributed by atoms with E-state index in [2.05, 4.69) is 49.6 Å². The molecule has 0 aromatic heterocycles. The third-order valence-electron chi connectivity index (χ3n) is 6.68. The summed E-state index contributed by atoms with van der Waals surface area (Å²) in [5.74, 6) is 3.80. The quantitative estimate of drug-likeness (QED) is 0.746. The fourth-order valence-corrected chi connectivity index (χ4v) is 6.46. The first-order chi connectivity index (χ1) is 12.4. The molecule has 1 atom stereocenters. The Morgan fingerprint density at radius 3 is 2.19 bits per heavy atom. The lowest BCUT2D eigenvalue weighted by Crippen LogP contribution is -2.62. The molecule has 142 valence electrons. The van der Waals surface area contributed by atoms with Crippen molar-refractivity contribution in [2.75, 3.05) is 6.61 Å². The summed E-state index contributed by atoms with van der Waals surface area (Å²) in [5.41, 5.74) is 2.64. The van der Waals surface area contributed by atoms with Gasteiger partial charge in [0.2, 0.25) is 0 Å². The summed E-state index contributed by atoms with van der Waals surface area (Å²) in [5, 5.41) is 8.01. The molecule has 0 heterocycles. The first-order valence-electron chi connectivity index (χ1n) is 10.2. The first kappa shape index (κ1) is 18.1. The average Bonchev–Trinajstić information content (AvgIpc) is 2.52. The first-order valence-corrected chi connectivity index (χ1v) is 10.6. The molecule has 4 fully saturated rings. The number of nitrogens with one attached hydrogen (secondary N) is 2. The van der Waals surface area contributed by atoms with Crippen molar-refractivity contribution in [1.82, 2.24) is 10.6 Å². The van der Waals surface area contributed by atoms with E-state index < -0.39 is 0 Å². The summed E-state index contributed by atoms with van der Waals surface area (Å²) in [7, 11) is 0. The van der Waals surface area contributed by atoms with E-state index in [1.54, 1.807) is 0 Å². The van der Waals surface area contributed by atoms with Gasteiger partial charge in [-0.3, -0.25) is 0 Å². The lowest BCUT2D eigenvalue weighted by Gasteiger charge is -2.57. The van der Waals surface area contributed by atoms with Gasteiger partial charge in [-0.15, -0.1) is 0 Å². The molecule has 4 aliphatic rings. The van der Waals surface area contributed by atoms with Crippen molar-refractivity contribution in [3.63, 3.8) is 0 Å². The van der Waals surface area contributed by atoms with Crippen LogP contribution in [-0.2, 0) is 0 Å². The van der Waals surface area contributed by atoms with Crippen LogP contribution in [0.25, 0.3) is 0 Å². The summed E-state index contributed by atoms with van der Waals surface area (Å²) in [6, 6.07) is 6.45. The number of rotatable bonds is 5. The Morgan fingerprint density at radius 1 is 1.12 bits per heavy atom. The van der Waals surface area contributed by atoms with Crippen molar-refractivity contribution in [2.45, 2.75) is 70.9 Å². The van der Waals surface area contributed by atoms with Gasteiger partial charge in [0.25, 0.3) is 0 Å². The summed E-state index contributed by atoms with van der Waals surface area (Å²) in [4.78, 5) is 0. The van der Waals surface area contributed by atoms with Gasteiger partial charge in [0.15, 0.2) is 5.11 Å². The van der Waals surface area contributed by atoms with Crippen LogP contribution in [0, 0.1) is 31.6 Å². The van der Waals surface area contributed by atoms with Crippen LogP contribution < -0.4 is 15.4 Å². The number of para-hydroxylation sites is 1. The van der Waals surface area contributed by atoms with Gasteiger partial charge < -0.3 is 15.4 Å². The highest BCUT2D eigenvalue weighted by Crippen LogP contribution is 2.55. The van der Waals surface area contributed by atoms with Crippen LogP contribution in [0.3, 0.4) is 0 Å². The molecule has 3 nitrogen and oxygen atoms in total. The highest BCUT2D eigenvalue weighted by Gasteiger charge is 2.51. The van der Waals surface area contributed by atoms with Crippen molar-refractivity contribution < 1.29 is 4.74 Å². The van der Waals surface area contributed by atoms with E-state index in [-0.39, 0.29) is 11.6 Å². The monoisotopic (exact) mass is 372 g/mol. The smallest absolute Gasteiger partial charge is 0.167 e. The lowest BCUT2D eigenvalue weighted by molar-refractivity contribution is -0.0102. The van der Waals surface area contributed by atoms with Crippen LogP contribution >= 0.6 is 12.2 Å². The minimum atomic E-state index is 0.183. The Bertz CT molecular complexity index is 631. The number of thiocarbonyl (C=S) groups is 1. The number of hydrogen-bond donors (Lipinski definition) is 2. The Labute approximate surface area is 163 Å². The van der Waals surface area contributed by atoms with Gasteiger partial charge in [0.1, 0.15) is 12.4 Å². The molecule has 4 saturated carbocycles. The van der Waals surface area contributed by atoms with Crippen molar-refractivity contribution in [3.8, 4) is 5.75 Å². The van der Waals surface area contributed by atoms with E-state index in [9.17, 15) is 0 Å². The molecule has 1 aromatic rings. The maximum Gasteiger partial charge on any atom is 0.167 e. The molecule has 4 heteroatoms. The predicted molar refractivity (Wildman–Crippen MR) is 111 cm³/mol. The van der Waals surface area contributed by atoms with Gasteiger partial charge >= 0.3 is 0 Å². The molecule has 2 N–H and O–H groups in total. The van der Waals surface area contributed by atoms with Crippen molar-refractivity contribution in [3.05, 3.63) is 29.3 Å². The standard InChI is InChI=1S/C22H32N2OS/c1-14-5-4-6-15(2)20(14)25-13-16(3)23-21(26)24-22-10-17-7-18(11-22)9-19(8-17)12-22/h4-6,16-19H,7-13H2,1-3H3,(H2,23,24,26). The summed E-state index contributed by atoms with van der Waals surface area (Å²) in [6.45, 7) is 6.95. The van der Waals surface area contributed by atoms with Gasteiger partial charge in [-0.2, -0.15) is 0 Å². The largest absolute Gasteiger partial charge is 0.491 e. The van der Waals surface area contributed by atoms with Crippen LogP contribution in [-0.4, -0.2) is 23.3 Å². The van der Waals surface area contributed by atoms with Crippen molar-refractivity contribution in [2.24, 2.45) is 17.8 Å². The molecule has 0 amide bonds. The van der Waals surface area contributed by atoms with Gasteiger partial charge in [-0.05, 0) is 100 Å². The average molecular weight is 373 g/mol. The van der Waals surface area contributed by atoms with Crippen LogP contribution in [0.5, 0.6) is 5.75 Å². The summed E-state index contributed by atoms with van der Waals surface area (Å²) >= 11 is 5.67.